The number of anilines is 2. The molecule has 0 bridgehead atoms. The van der Waals surface area contributed by atoms with E-state index in [-0.39, 0.29) is 29.3 Å². The van der Waals surface area contributed by atoms with Gasteiger partial charge in [-0.1, -0.05) is 0 Å². The van der Waals surface area contributed by atoms with E-state index >= 15 is 0 Å². The molecule has 1 aromatic rings. The van der Waals surface area contributed by atoms with Crippen LogP contribution in [0.3, 0.4) is 0 Å². The van der Waals surface area contributed by atoms with Crippen molar-refractivity contribution in [2.24, 2.45) is 0 Å². The molecule has 0 spiro atoms. The van der Waals surface area contributed by atoms with Crippen LogP contribution in [-0.2, 0) is 9.84 Å². The Morgan fingerprint density at radius 2 is 2.17 bits per heavy atom. The minimum atomic E-state index is -3.07. The van der Waals surface area contributed by atoms with Crippen molar-refractivity contribution in [3.8, 4) is 6.07 Å². The molecule has 0 amide bonds. The third kappa shape index (κ3) is 3.45. The lowest BCUT2D eigenvalue weighted by Gasteiger charge is -2.02. The molecule has 1 aromatic heterocycles. The summed E-state index contributed by atoms with van der Waals surface area (Å²) in [6.07, 6.45) is 1.13. The zero-order chi connectivity index (χ0) is 13.9. The molecule has 0 aliphatic carbocycles. The number of nitrogen functional groups attached to an aromatic ring is 1. The second kappa shape index (κ2) is 5.37. The predicted molar refractivity (Wildman–Crippen MR) is 71.7 cm³/mol. The molecule has 6 nitrogen and oxygen atoms in total. The van der Waals surface area contributed by atoms with Crippen molar-refractivity contribution in [2.75, 3.05) is 29.6 Å². The number of nitrogens with one attached hydrogen (secondary N) is 1. The molecule has 0 atom stereocenters. The number of carbonyl (C=O) groups excluding carboxylic acids is 1. The first-order valence-corrected chi connectivity index (χ1v) is 7.89. The topological polar surface area (TPSA) is 113 Å². The van der Waals surface area contributed by atoms with Crippen LogP contribution in [0.5, 0.6) is 0 Å². The van der Waals surface area contributed by atoms with E-state index in [1.807, 2.05) is 6.07 Å². The Kier molecular flexibility index (Phi) is 4.32. The van der Waals surface area contributed by atoms with Crippen molar-refractivity contribution in [3.05, 3.63) is 10.4 Å². The Balaban J connectivity index is 2.93. The first kappa shape index (κ1) is 14.5. The smallest absolute Gasteiger partial charge is 0.171 e. The van der Waals surface area contributed by atoms with Gasteiger partial charge in [-0.15, -0.1) is 11.3 Å². The van der Waals surface area contributed by atoms with E-state index in [9.17, 15) is 13.2 Å². The summed E-state index contributed by atoms with van der Waals surface area (Å²) >= 11 is 1.07. The molecule has 1 heterocycles. The van der Waals surface area contributed by atoms with Gasteiger partial charge in [-0.25, -0.2) is 8.42 Å². The van der Waals surface area contributed by atoms with E-state index in [2.05, 4.69) is 5.32 Å². The molecular formula is C10H13N3O3S2. The van der Waals surface area contributed by atoms with Crippen molar-refractivity contribution < 1.29 is 13.2 Å². The highest BCUT2D eigenvalue weighted by Crippen LogP contribution is 2.35. The van der Waals surface area contributed by atoms with Crippen molar-refractivity contribution in [3.63, 3.8) is 0 Å². The zero-order valence-corrected chi connectivity index (χ0v) is 11.6. The van der Waals surface area contributed by atoms with E-state index in [1.54, 1.807) is 0 Å². The molecule has 1 rings (SSSR count). The van der Waals surface area contributed by atoms with Gasteiger partial charge in [0.1, 0.15) is 26.5 Å². The lowest BCUT2D eigenvalue weighted by Crippen LogP contribution is -2.13. The number of hydrogen-bond acceptors (Lipinski definition) is 7. The van der Waals surface area contributed by atoms with Crippen LogP contribution in [0.25, 0.3) is 0 Å². The van der Waals surface area contributed by atoms with Crippen LogP contribution in [0.2, 0.25) is 0 Å². The van der Waals surface area contributed by atoms with Crippen LogP contribution < -0.4 is 11.1 Å². The number of hydrogen-bond donors (Lipinski definition) is 2. The first-order chi connectivity index (χ1) is 8.26. The highest BCUT2D eigenvalue weighted by Gasteiger charge is 2.18. The Bertz CT molecular complexity index is 611. The number of thiophene rings is 1. The molecule has 3 N–H and O–H groups in total. The maximum atomic E-state index is 11.3. The van der Waals surface area contributed by atoms with Crippen molar-refractivity contribution in [2.45, 2.75) is 6.92 Å². The van der Waals surface area contributed by atoms with E-state index in [0.29, 0.717) is 9.88 Å². The predicted octanol–water partition coefficient (Wildman–Crippen LogP) is 0.861. The largest absolute Gasteiger partial charge is 0.396 e. The fraction of sp³-hybridized carbons (Fsp3) is 0.400. The molecule has 0 radical (unpaired) electrons. The molecule has 98 valence electrons. The summed E-state index contributed by atoms with van der Waals surface area (Å²) in [7, 11) is -3.07. The number of rotatable bonds is 5. The fourth-order valence-corrected chi connectivity index (χ4v) is 2.76. The molecule has 0 saturated heterocycles. The van der Waals surface area contributed by atoms with Gasteiger partial charge in [0.05, 0.1) is 16.3 Å². The molecule has 0 saturated carbocycles. The van der Waals surface area contributed by atoms with Gasteiger partial charge in [-0.3, -0.25) is 4.79 Å². The van der Waals surface area contributed by atoms with E-state index in [0.717, 1.165) is 17.6 Å². The number of nitrogens with two attached hydrogens (primary N) is 1. The molecule has 0 aliphatic rings. The van der Waals surface area contributed by atoms with Crippen LogP contribution in [-0.4, -0.2) is 32.8 Å². The number of carbonyl (C=O) groups is 1. The normalized spacial score (nSPS) is 10.9. The summed E-state index contributed by atoms with van der Waals surface area (Å²) in [5.74, 6) is -0.268. The number of nitrogens with zero attached hydrogens (tertiary/aromatic N) is 1. The minimum absolute atomic E-state index is 0.0505. The molecule has 0 unspecified atom stereocenters. The maximum Gasteiger partial charge on any atom is 0.171 e. The van der Waals surface area contributed by atoms with Crippen LogP contribution >= 0.6 is 11.3 Å². The monoisotopic (exact) mass is 287 g/mol. The molecular weight excluding hydrogens is 274 g/mol. The van der Waals surface area contributed by atoms with Gasteiger partial charge in [-0.2, -0.15) is 5.26 Å². The third-order valence-electron chi connectivity index (χ3n) is 2.14. The summed E-state index contributed by atoms with van der Waals surface area (Å²) < 4.78 is 22.0. The molecule has 0 aromatic carbocycles. The van der Waals surface area contributed by atoms with E-state index < -0.39 is 9.84 Å². The van der Waals surface area contributed by atoms with Crippen molar-refractivity contribution in [1.82, 2.24) is 0 Å². The second-order valence-corrected chi connectivity index (χ2v) is 7.05. The summed E-state index contributed by atoms with van der Waals surface area (Å²) in [6.45, 7) is 1.54. The minimum Gasteiger partial charge on any atom is -0.396 e. The fourth-order valence-electron chi connectivity index (χ4n) is 1.29. The number of sulfone groups is 1. The molecule has 0 aliphatic heterocycles. The molecule has 0 fully saturated rings. The Morgan fingerprint density at radius 3 is 2.61 bits per heavy atom. The molecule has 18 heavy (non-hydrogen) atoms. The third-order valence-corrected chi connectivity index (χ3v) is 4.34. The first-order valence-electron chi connectivity index (χ1n) is 5.01. The Morgan fingerprint density at radius 1 is 1.56 bits per heavy atom. The Labute approximate surface area is 109 Å². The van der Waals surface area contributed by atoms with Crippen LogP contribution in [0, 0.1) is 11.3 Å². The van der Waals surface area contributed by atoms with Crippen LogP contribution in [0.1, 0.15) is 22.2 Å². The lowest BCUT2D eigenvalue weighted by atomic mass is 10.2. The second-order valence-electron chi connectivity index (χ2n) is 3.77. The summed E-state index contributed by atoms with van der Waals surface area (Å²) in [6, 6.07) is 1.91. The maximum absolute atomic E-state index is 11.3. The van der Waals surface area contributed by atoms with Crippen LogP contribution in [0.15, 0.2) is 0 Å². The van der Waals surface area contributed by atoms with Gasteiger partial charge in [0.15, 0.2) is 5.78 Å². The standard InChI is InChI=1S/C10H13N3O3S2/c1-6(14)9-8(12)7(5-11)10(17-9)13-3-4-18(2,15)16/h13H,3-4,12H2,1-2H3. The SMILES string of the molecule is CC(=O)c1sc(NCCS(C)(=O)=O)c(C#N)c1N. The van der Waals surface area contributed by atoms with Crippen LogP contribution in [0.4, 0.5) is 10.7 Å². The number of Topliss-reactive ketones (excluding diaryl/α,β-unsaturated/α-hetero) is 1. The van der Waals surface area contributed by atoms with E-state index in [4.69, 9.17) is 11.0 Å². The Hall–Kier alpha value is -1.59. The summed E-state index contributed by atoms with van der Waals surface area (Å²) in [4.78, 5) is 11.6. The highest BCUT2D eigenvalue weighted by molar-refractivity contribution is 7.90. The zero-order valence-electron chi connectivity index (χ0n) is 9.98. The quantitative estimate of drug-likeness (QED) is 0.777. The van der Waals surface area contributed by atoms with E-state index in [1.165, 1.54) is 6.92 Å². The van der Waals surface area contributed by atoms with Gasteiger partial charge in [-0.05, 0) is 0 Å². The van der Waals surface area contributed by atoms with Gasteiger partial charge < -0.3 is 11.1 Å². The van der Waals surface area contributed by atoms with Crippen molar-refractivity contribution >= 4 is 37.6 Å². The lowest BCUT2D eigenvalue weighted by molar-refractivity contribution is 0.102. The molecule has 8 heteroatoms. The van der Waals surface area contributed by atoms with Gasteiger partial charge >= 0.3 is 0 Å². The van der Waals surface area contributed by atoms with Gasteiger partial charge in [0.25, 0.3) is 0 Å². The van der Waals surface area contributed by atoms with Crippen molar-refractivity contribution in [1.29, 1.82) is 5.26 Å². The van der Waals surface area contributed by atoms with Gasteiger partial charge in [0, 0.05) is 19.7 Å². The average Bonchev–Trinajstić information content (AvgIpc) is 2.53. The number of ketones is 1. The van der Waals surface area contributed by atoms with Gasteiger partial charge in [0.2, 0.25) is 0 Å². The summed E-state index contributed by atoms with van der Waals surface area (Å²) in [5, 5.41) is 12.2. The number of nitriles is 1. The highest BCUT2D eigenvalue weighted by atomic mass is 32.2. The summed E-state index contributed by atoms with van der Waals surface area (Å²) in [5.41, 5.74) is 6.03. The average molecular weight is 287 g/mol.